The molecular formula is C28H38ClFO5S. The van der Waals surface area contributed by atoms with E-state index >= 15 is 4.39 Å². The molecule has 1 N–H and O–H groups in total. The molecule has 0 unspecified atom stereocenters. The quantitative estimate of drug-likeness (QED) is 0.352. The second-order valence-corrected chi connectivity index (χ2v) is 13.8. The maximum Gasteiger partial charge on any atom is 0.307 e. The van der Waals surface area contributed by atoms with Crippen LogP contribution in [0.25, 0.3) is 0 Å². The van der Waals surface area contributed by atoms with Crippen molar-refractivity contribution in [3.8, 4) is 0 Å². The van der Waals surface area contributed by atoms with Gasteiger partial charge in [-0.25, -0.2) is 4.39 Å². The first kappa shape index (κ1) is 27.8. The number of allylic oxidation sites excluding steroid dienone is 4. The van der Waals surface area contributed by atoms with Gasteiger partial charge in [-0.1, -0.05) is 39.3 Å². The summed E-state index contributed by atoms with van der Waals surface area (Å²) in [6.45, 7) is 9.62. The van der Waals surface area contributed by atoms with Gasteiger partial charge in [-0.15, -0.1) is 11.6 Å². The van der Waals surface area contributed by atoms with E-state index in [1.54, 1.807) is 24.8 Å². The Kier molecular flexibility index (Phi) is 7.37. The highest BCUT2D eigenvalue weighted by Crippen LogP contribution is 2.71. The number of hydrogen-bond acceptors (Lipinski definition) is 6. The maximum atomic E-state index is 17.4. The second kappa shape index (κ2) is 9.53. The highest BCUT2D eigenvalue weighted by molar-refractivity contribution is 7.99. The molecule has 8 atom stereocenters. The number of hydrogen-bond donors (Lipinski definition) is 1. The zero-order chi connectivity index (χ0) is 26.7. The molecule has 0 saturated heterocycles. The number of ether oxygens (including phenoxy) is 1. The summed E-state index contributed by atoms with van der Waals surface area (Å²) in [5.41, 5.74) is -4.89. The van der Waals surface area contributed by atoms with Crippen LogP contribution in [0.3, 0.4) is 0 Å². The summed E-state index contributed by atoms with van der Waals surface area (Å²) in [5, 5.41) is 11.9. The number of fused-ring (bicyclic) bond motifs is 5. The van der Waals surface area contributed by atoms with Gasteiger partial charge >= 0.3 is 5.97 Å². The number of alkyl halides is 2. The summed E-state index contributed by atoms with van der Waals surface area (Å²) in [6, 6.07) is 0. The molecule has 5 nitrogen and oxygen atoms in total. The highest BCUT2D eigenvalue weighted by atomic mass is 35.5. The Morgan fingerprint density at radius 1 is 1.31 bits per heavy atom. The lowest BCUT2D eigenvalue weighted by Crippen LogP contribution is -2.70. The van der Waals surface area contributed by atoms with Crippen molar-refractivity contribution in [2.24, 2.45) is 28.6 Å². The lowest BCUT2D eigenvalue weighted by atomic mass is 9.44. The molecular weight excluding hydrogens is 503 g/mol. The summed E-state index contributed by atoms with van der Waals surface area (Å²) in [4.78, 5) is 38.6. The molecule has 0 amide bonds. The maximum absolute atomic E-state index is 17.4. The van der Waals surface area contributed by atoms with Crippen molar-refractivity contribution < 1.29 is 28.6 Å². The van der Waals surface area contributed by atoms with Crippen molar-refractivity contribution in [3.63, 3.8) is 0 Å². The molecule has 36 heavy (non-hydrogen) atoms. The molecule has 4 aliphatic rings. The molecule has 0 aliphatic heterocycles. The summed E-state index contributed by atoms with van der Waals surface area (Å²) in [6.07, 6.45) is 4.73. The normalized spacial score (nSPS) is 43.5. The zero-order valence-corrected chi connectivity index (χ0v) is 23.4. The molecule has 8 heteroatoms. The first-order valence-electron chi connectivity index (χ1n) is 13.0. The van der Waals surface area contributed by atoms with Gasteiger partial charge in [0.15, 0.2) is 22.8 Å². The molecule has 0 aromatic heterocycles. The summed E-state index contributed by atoms with van der Waals surface area (Å²) < 4.78 is 23.5. The molecule has 3 saturated carbocycles. The first-order valence-corrected chi connectivity index (χ1v) is 14.6. The molecule has 0 bridgehead atoms. The number of esters is 1. The van der Waals surface area contributed by atoms with Crippen LogP contribution in [0, 0.1) is 28.6 Å². The largest absolute Gasteiger partial charge is 0.450 e. The number of halogens is 2. The standard InChI is InChI=1S/C28H38ClFO5S/c1-16(2)36-11-9-24(34)35-28(23(33)15-29)17(3)12-21-20-7-6-18-13-19(31)8-10-25(18,4)27(20,30)22(32)14-26(21,28)5/h8,10,13,16-17,20-22,32H,6-7,9,11-12,14-15H2,1-5H3/t17-,20-,21-,22-,25-,26-,27-,28-/m0/s1. The van der Waals surface area contributed by atoms with E-state index < -0.39 is 40.1 Å². The van der Waals surface area contributed by atoms with Gasteiger partial charge in [-0.3, -0.25) is 14.4 Å². The molecule has 4 aliphatic carbocycles. The second-order valence-electron chi connectivity index (χ2n) is 11.8. The van der Waals surface area contributed by atoms with Crippen molar-refractivity contribution in [2.45, 2.75) is 89.3 Å². The predicted molar refractivity (Wildman–Crippen MR) is 140 cm³/mol. The van der Waals surface area contributed by atoms with Crippen molar-refractivity contribution >= 4 is 40.9 Å². The molecule has 4 rings (SSSR count). The van der Waals surface area contributed by atoms with Crippen LogP contribution >= 0.6 is 23.4 Å². The third kappa shape index (κ3) is 3.78. The minimum absolute atomic E-state index is 0.0314. The van der Waals surface area contributed by atoms with Gasteiger partial charge in [0.2, 0.25) is 0 Å². The Balaban J connectivity index is 1.74. The van der Waals surface area contributed by atoms with Crippen LogP contribution in [0.5, 0.6) is 0 Å². The van der Waals surface area contributed by atoms with E-state index in [2.05, 4.69) is 13.8 Å². The molecule has 0 heterocycles. The van der Waals surface area contributed by atoms with Gasteiger partial charge in [-0.2, -0.15) is 11.8 Å². The lowest BCUT2D eigenvalue weighted by molar-refractivity contribution is -0.226. The zero-order valence-electron chi connectivity index (χ0n) is 21.8. The predicted octanol–water partition coefficient (Wildman–Crippen LogP) is 5.22. The van der Waals surface area contributed by atoms with Gasteiger partial charge < -0.3 is 9.84 Å². The number of Topliss-reactive ketones (excluding diaryl/α,β-unsaturated/α-hetero) is 1. The van der Waals surface area contributed by atoms with Crippen LogP contribution in [-0.2, 0) is 19.1 Å². The first-order chi connectivity index (χ1) is 16.8. The summed E-state index contributed by atoms with van der Waals surface area (Å²) in [7, 11) is 0. The van der Waals surface area contributed by atoms with E-state index in [0.717, 1.165) is 0 Å². The van der Waals surface area contributed by atoms with E-state index in [1.165, 1.54) is 12.2 Å². The fourth-order valence-corrected chi connectivity index (χ4v) is 9.06. The molecule has 0 radical (unpaired) electrons. The number of rotatable bonds is 7. The third-order valence-electron chi connectivity index (χ3n) is 9.75. The van der Waals surface area contributed by atoms with Gasteiger partial charge in [0.25, 0.3) is 0 Å². The van der Waals surface area contributed by atoms with E-state index in [0.29, 0.717) is 35.8 Å². The topological polar surface area (TPSA) is 80.7 Å². The number of carbonyl (C=O) groups is 3. The number of aliphatic hydroxyl groups is 1. The van der Waals surface area contributed by atoms with E-state index in [9.17, 15) is 19.5 Å². The van der Waals surface area contributed by atoms with Gasteiger partial charge in [0.05, 0.1) is 18.4 Å². The number of aliphatic hydroxyl groups excluding tert-OH is 1. The number of thioether (sulfide) groups is 1. The van der Waals surface area contributed by atoms with E-state index in [1.807, 2.05) is 13.8 Å². The van der Waals surface area contributed by atoms with Gasteiger partial charge in [0, 0.05) is 28.4 Å². The summed E-state index contributed by atoms with van der Waals surface area (Å²) >= 11 is 7.75. The minimum Gasteiger partial charge on any atom is -0.450 e. The molecule has 3 fully saturated rings. The monoisotopic (exact) mass is 540 g/mol. The average Bonchev–Trinajstić information content (AvgIpc) is 3.01. The van der Waals surface area contributed by atoms with Crippen LogP contribution in [0.15, 0.2) is 23.8 Å². The molecule has 0 aromatic rings. The van der Waals surface area contributed by atoms with E-state index in [4.69, 9.17) is 16.3 Å². The van der Waals surface area contributed by atoms with Crippen LogP contribution in [0.1, 0.15) is 66.7 Å². The fourth-order valence-electron chi connectivity index (χ4n) is 8.11. The number of ketones is 2. The smallest absolute Gasteiger partial charge is 0.307 e. The third-order valence-corrected chi connectivity index (χ3v) is 11.1. The average molecular weight is 541 g/mol. The van der Waals surface area contributed by atoms with Crippen molar-refractivity contribution in [2.75, 3.05) is 11.6 Å². The van der Waals surface area contributed by atoms with Crippen LogP contribution in [0.2, 0.25) is 0 Å². The van der Waals surface area contributed by atoms with Gasteiger partial charge in [-0.05, 0) is 55.9 Å². The van der Waals surface area contributed by atoms with Crippen LogP contribution in [-0.4, -0.2) is 56.9 Å². The SMILES string of the molecule is CC(C)SCCC(=O)O[C@]1(C(=O)CCl)[C@@H](C)C[C@H]2[C@@H]3CCC4=CC(=O)C=C[C@]4(C)[C@@]3(F)[C@@H](O)C[C@@]21C. The lowest BCUT2D eigenvalue weighted by Gasteiger charge is -2.62. The Morgan fingerprint density at radius 3 is 2.64 bits per heavy atom. The van der Waals surface area contributed by atoms with Crippen LogP contribution < -0.4 is 0 Å². The van der Waals surface area contributed by atoms with Crippen molar-refractivity contribution in [1.29, 1.82) is 0 Å². The molecule has 0 aromatic carbocycles. The number of carbonyl (C=O) groups excluding carboxylic acids is 3. The van der Waals surface area contributed by atoms with E-state index in [-0.39, 0.29) is 42.1 Å². The minimum atomic E-state index is -2.00. The Morgan fingerprint density at radius 2 is 2.00 bits per heavy atom. The van der Waals surface area contributed by atoms with Gasteiger partial charge in [0.1, 0.15) is 0 Å². The fraction of sp³-hybridized carbons (Fsp3) is 0.750. The van der Waals surface area contributed by atoms with Crippen molar-refractivity contribution in [1.82, 2.24) is 0 Å². The summed E-state index contributed by atoms with van der Waals surface area (Å²) in [5.74, 6) is -1.98. The van der Waals surface area contributed by atoms with Crippen molar-refractivity contribution in [3.05, 3.63) is 23.8 Å². The highest BCUT2D eigenvalue weighted by Gasteiger charge is 2.77. The Labute approximate surface area is 222 Å². The Hall–Kier alpha value is -1.18. The molecule has 0 spiro atoms. The Bertz CT molecular complexity index is 1010. The van der Waals surface area contributed by atoms with Crippen LogP contribution in [0.4, 0.5) is 4.39 Å². The molecule has 200 valence electrons.